The lowest BCUT2D eigenvalue weighted by Gasteiger charge is -2.13. The molecule has 0 radical (unpaired) electrons. The highest BCUT2D eigenvalue weighted by molar-refractivity contribution is 9.10. The highest BCUT2D eigenvalue weighted by atomic mass is 79.9. The summed E-state index contributed by atoms with van der Waals surface area (Å²) in [6.07, 6.45) is 6.57. The van der Waals surface area contributed by atoms with E-state index in [0.29, 0.717) is 0 Å². The maximum atomic E-state index is 5.83. The Bertz CT molecular complexity index is 390. The fraction of sp³-hybridized carbons (Fsp3) is 0.625. The fourth-order valence-electron chi connectivity index (χ4n) is 2.69. The van der Waals surface area contributed by atoms with Gasteiger partial charge in [-0.3, -0.25) is 0 Å². The predicted molar refractivity (Wildman–Crippen MR) is 84.0 cm³/mol. The van der Waals surface area contributed by atoms with Gasteiger partial charge in [-0.05, 0) is 62.9 Å². The minimum atomic E-state index is 0.761. The molecule has 19 heavy (non-hydrogen) atoms. The van der Waals surface area contributed by atoms with Gasteiger partial charge in [-0.1, -0.05) is 28.8 Å². The third kappa shape index (κ3) is 4.50. The average Bonchev–Trinajstić information content (AvgIpc) is 2.88. The standard InChI is InChI=1S/C16H24BrNO/c1-12-10-15(11-13(2)16(12)17)19-9-5-8-18-14-6-3-4-7-14/h10-11,14,18H,3-9H2,1-2H3. The van der Waals surface area contributed by atoms with E-state index in [9.17, 15) is 0 Å². The van der Waals surface area contributed by atoms with E-state index in [4.69, 9.17) is 4.74 Å². The fourth-order valence-corrected chi connectivity index (χ4v) is 2.92. The summed E-state index contributed by atoms with van der Waals surface area (Å²) in [7, 11) is 0. The van der Waals surface area contributed by atoms with Gasteiger partial charge in [0.05, 0.1) is 6.61 Å². The lowest BCUT2D eigenvalue weighted by atomic mass is 10.1. The SMILES string of the molecule is Cc1cc(OCCCNC2CCCC2)cc(C)c1Br. The van der Waals surface area contributed by atoms with Crippen LogP contribution in [0, 0.1) is 13.8 Å². The number of hydrogen-bond donors (Lipinski definition) is 1. The van der Waals surface area contributed by atoms with Crippen molar-refractivity contribution in [3.05, 3.63) is 27.7 Å². The van der Waals surface area contributed by atoms with Crippen LogP contribution < -0.4 is 10.1 Å². The van der Waals surface area contributed by atoms with Crippen LogP contribution in [-0.4, -0.2) is 19.2 Å². The lowest BCUT2D eigenvalue weighted by Crippen LogP contribution is -2.27. The number of hydrogen-bond acceptors (Lipinski definition) is 2. The molecule has 1 aliphatic rings. The molecule has 106 valence electrons. The van der Waals surface area contributed by atoms with Crippen molar-refractivity contribution in [2.45, 2.75) is 52.0 Å². The molecule has 0 atom stereocenters. The van der Waals surface area contributed by atoms with Crippen molar-refractivity contribution < 1.29 is 4.74 Å². The molecule has 0 aromatic heterocycles. The number of halogens is 1. The van der Waals surface area contributed by atoms with Crippen molar-refractivity contribution in [2.24, 2.45) is 0 Å². The molecule has 0 unspecified atom stereocenters. The first-order valence-electron chi connectivity index (χ1n) is 7.30. The Morgan fingerprint density at radius 2 is 1.84 bits per heavy atom. The second-order valence-electron chi connectivity index (χ2n) is 5.51. The third-order valence-corrected chi connectivity index (χ3v) is 5.04. The van der Waals surface area contributed by atoms with Crippen LogP contribution in [0.1, 0.15) is 43.2 Å². The largest absolute Gasteiger partial charge is 0.494 e. The van der Waals surface area contributed by atoms with Crippen LogP contribution in [0.4, 0.5) is 0 Å². The molecular formula is C16H24BrNO. The van der Waals surface area contributed by atoms with Crippen LogP contribution >= 0.6 is 15.9 Å². The molecule has 1 aliphatic carbocycles. The van der Waals surface area contributed by atoms with Crippen LogP contribution in [0.25, 0.3) is 0 Å². The summed E-state index contributed by atoms with van der Waals surface area (Å²) in [5.41, 5.74) is 2.47. The van der Waals surface area contributed by atoms with E-state index in [0.717, 1.165) is 31.4 Å². The third-order valence-electron chi connectivity index (χ3n) is 3.79. The van der Waals surface area contributed by atoms with Crippen LogP contribution in [0.3, 0.4) is 0 Å². The van der Waals surface area contributed by atoms with Crippen LogP contribution in [0.2, 0.25) is 0 Å². The van der Waals surface area contributed by atoms with Crippen LogP contribution in [0.15, 0.2) is 16.6 Å². The summed E-state index contributed by atoms with van der Waals surface area (Å²) in [5.74, 6) is 0.985. The summed E-state index contributed by atoms with van der Waals surface area (Å²) in [6.45, 7) is 6.07. The quantitative estimate of drug-likeness (QED) is 0.784. The maximum Gasteiger partial charge on any atom is 0.119 e. The molecule has 0 bridgehead atoms. The molecule has 0 heterocycles. The number of ether oxygens (including phenoxy) is 1. The van der Waals surface area contributed by atoms with Gasteiger partial charge in [-0.25, -0.2) is 0 Å². The molecule has 1 N–H and O–H groups in total. The molecule has 0 aliphatic heterocycles. The molecule has 3 heteroatoms. The summed E-state index contributed by atoms with van der Waals surface area (Å²) in [6, 6.07) is 4.96. The van der Waals surface area contributed by atoms with Gasteiger partial charge in [-0.15, -0.1) is 0 Å². The smallest absolute Gasteiger partial charge is 0.119 e. The van der Waals surface area contributed by atoms with Crippen LogP contribution in [-0.2, 0) is 0 Å². The van der Waals surface area contributed by atoms with Crippen molar-refractivity contribution >= 4 is 15.9 Å². The van der Waals surface area contributed by atoms with E-state index in [1.54, 1.807) is 0 Å². The lowest BCUT2D eigenvalue weighted by molar-refractivity contribution is 0.304. The molecule has 0 spiro atoms. The van der Waals surface area contributed by atoms with E-state index in [1.165, 1.54) is 41.3 Å². The molecule has 2 nitrogen and oxygen atoms in total. The first kappa shape index (κ1) is 14.9. The monoisotopic (exact) mass is 325 g/mol. The van der Waals surface area contributed by atoms with E-state index >= 15 is 0 Å². The van der Waals surface area contributed by atoms with Crippen molar-refractivity contribution in [3.63, 3.8) is 0 Å². The van der Waals surface area contributed by atoms with Crippen molar-refractivity contribution in [2.75, 3.05) is 13.2 Å². The topological polar surface area (TPSA) is 21.3 Å². The highest BCUT2D eigenvalue weighted by Gasteiger charge is 2.13. The van der Waals surface area contributed by atoms with Gasteiger partial charge in [0.2, 0.25) is 0 Å². The van der Waals surface area contributed by atoms with Crippen molar-refractivity contribution in [1.82, 2.24) is 5.32 Å². The van der Waals surface area contributed by atoms with Gasteiger partial charge in [0.1, 0.15) is 5.75 Å². The van der Waals surface area contributed by atoms with Gasteiger partial charge in [0.25, 0.3) is 0 Å². The Balaban J connectivity index is 1.67. The zero-order valence-electron chi connectivity index (χ0n) is 12.0. The van der Waals surface area contributed by atoms with Gasteiger partial charge in [-0.2, -0.15) is 0 Å². The zero-order valence-corrected chi connectivity index (χ0v) is 13.6. The number of aryl methyl sites for hydroxylation is 2. The Labute approximate surface area is 125 Å². The Morgan fingerprint density at radius 3 is 2.47 bits per heavy atom. The van der Waals surface area contributed by atoms with Crippen LogP contribution in [0.5, 0.6) is 5.75 Å². The molecule has 0 saturated heterocycles. The van der Waals surface area contributed by atoms with E-state index in [2.05, 4.69) is 47.2 Å². The normalized spacial score (nSPS) is 15.9. The molecule has 2 rings (SSSR count). The number of rotatable bonds is 6. The van der Waals surface area contributed by atoms with E-state index in [-0.39, 0.29) is 0 Å². The second-order valence-corrected chi connectivity index (χ2v) is 6.30. The minimum absolute atomic E-state index is 0.761. The zero-order chi connectivity index (χ0) is 13.7. The Morgan fingerprint density at radius 1 is 1.21 bits per heavy atom. The Kier molecular flexibility index (Phi) is 5.71. The molecule has 1 fully saturated rings. The highest BCUT2D eigenvalue weighted by Crippen LogP contribution is 2.26. The minimum Gasteiger partial charge on any atom is -0.494 e. The van der Waals surface area contributed by atoms with Crippen molar-refractivity contribution in [1.29, 1.82) is 0 Å². The number of nitrogens with one attached hydrogen (secondary N) is 1. The predicted octanol–water partition coefficient (Wildman–Crippen LogP) is 4.37. The first-order valence-corrected chi connectivity index (χ1v) is 8.09. The van der Waals surface area contributed by atoms with E-state index in [1.807, 2.05) is 0 Å². The van der Waals surface area contributed by atoms with Gasteiger partial charge in [0, 0.05) is 10.5 Å². The second kappa shape index (κ2) is 7.30. The van der Waals surface area contributed by atoms with Gasteiger partial charge < -0.3 is 10.1 Å². The van der Waals surface area contributed by atoms with Gasteiger partial charge >= 0.3 is 0 Å². The summed E-state index contributed by atoms with van der Waals surface area (Å²) < 4.78 is 7.01. The van der Waals surface area contributed by atoms with Gasteiger partial charge in [0.15, 0.2) is 0 Å². The number of benzene rings is 1. The average molecular weight is 326 g/mol. The first-order chi connectivity index (χ1) is 9.16. The molecular weight excluding hydrogens is 302 g/mol. The summed E-state index contributed by atoms with van der Waals surface area (Å²) >= 11 is 3.58. The van der Waals surface area contributed by atoms with Crippen molar-refractivity contribution in [3.8, 4) is 5.75 Å². The summed E-state index contributed by atoms with van der Waals surface area (Å²) in [5, 5.41) is 3.61. The molecule has 1 aromatic carbocycles. The molecule has 1 saturated carbocycles. The van der Waals surface area contributed by atoms with E-state index < -0.39 is 0 Å². The Hall–Kier alpha value is -0.540. The molecule has 0 amide bonds. The maximum absolute atomic E-state index is 5.83. The summed E-state index contributed by atoms with van der Waals surface area (Å²) in [4.78, 5) is 0. The molecule has 1 aromatic rings.